The molecule has 2 aliphatic rings. The Morgan fingerprint density at radius 2 is 2.22 bits per heavy atom. The Morgan fingerprint density at radius 3 is 3.06 bits per heavy atom. The van der Waals surface area contributed by atoms with Crippen molar-refractivity contribution in [3.63, 3.8) is 0 Å². The molecule has 0 aromatic heterocycles. The van der Waals surface area contributed by atoms with Gasteiger partial charge >= 0.3 is 0 Å². The van der Waals surface area contributed by atoms with Crippen LogP contribution in [0.15, 0.2) is 24.3 Å². The largest absolute Gasteiger partial charge is 0.493 e. The number of benzene rings is 1. The van der Waals surface area contributed by atoms with E-state index in [-0.39, 0.29) is 6.04 Å². The Morgan fingerprint density at radius 1 is 1.33 bits per heavy atom. The van der Waals surface area contributed by atoms with Crippen LogP contribution in [0, 0.1) is 0 Å². The monoisotopic (exact) mass is 249 g/mol. The van der Waals surface area contributed by atoms with Crippen LogP contribution in [0.5, 0.6) is 5.75 Å². The van der Waals surface area contributed by atoms with Gasteiger partial charge in [-0.05, 0) is 49.8 Å². The van der Waals surface area contributed by atoms with E-state index in [0.29, 0.717) is 18.9 Å². The highest BCUT2D eigenvalue weighted by atomic mass is 19.1. The third-order valence-electron chi connectivity index (χ3n) is 4.13. The fourth-order valence-corrected chi connectivity index (χ4v) is 3.12. The number of halogens is 1. The highest BCUT2D eigenvalue weighted by molar-refractivity contribution is 5.37. The number of hydrogen-bond donors (Lipinski definition) is 1. The number of ether oxygens (including phenoxy) is 1. The van der Waals surface area contributed by atoms with Crippen LogP contribution < -0.4 is 10.1 Å². The summed E-state index contributed by atoms with van der Waals surface area (Å²) < 4.78 is 19.9. The molecule has 1 fully saturated rings. The first-order valence-corrected chi connectivity index (χ1v) is 6.94. The van der Waals surface area contributed by atoms with Gasteiger partial charge in [-0.15, -0.1) is 0 Å². The second-order valence-corrected chi connectivity index (χ2v) is 5.33. The molecule has 0 saturated carbocycles. The first kappa shape index (κ1) is 12.0. The summed E-state index contributed by atoms with van der Waals surface area (Å²) in [5.74, 6) is 1.26. The molecule has 1 aromatic carbocycles. The number of fused-ring (bicyclic) bond motifs is 1. The first-order valence-electron chi connectivity index (χ1n) is 6.94. The van der Waals surface area contributed by atoms with E-state index in [9.17, 15) is 4.39 Å². The topological polar surface area (TPSA) is 21.3 Å². The minimum absolute atomic E-state index is 0.0695. The zero-order valence-corrected chi connectivity index (χ0v) is 10.6. The molecule has 1 saturated heterocycles. The predicted octanol–water partition coefficient (Wildman–Crippen LogP) is 3.03. The van der Waals surface area contributed by atoms with E-state index in [2.05, 4.69) is 11.4 Å². The summed E-state index contributed by atoms with van der Waals surface area (Å²) in [6.07, 6.45) is 2.91. The molecule has 2 nitrogen and oxygen atoms in total. The number of hydrogen-bond acceptors (Lipinski definition) is 2. The molecule has 0 radical (unpaired) electrons. The quantitative estimate of drug-likeness (QED) is 0.889. The van der Waals surface area contributed by atoms with Crippen LogP contribution in [-0.2, 0) is 0 Å². The van der Waals surface area contributed by atoms with Gasteiger partial charge in [-0.2, -0.15) is 0 Å². The van der Waals surface area contributed by atoms with Gasteiger partial charge in [0.2, 0.25) is 0 Å². The van der Waals surface area contributed by atoms with Gasteiger partial charge in [0.25, 0.3) is 0 Å². The normalized spacial score (nSPS) is 28.5. The first-order chi connectivity index (χ1) is 8.84. The molecular weight excluding hydrogens is 229 g/mol. The maximum Gasteiger partial charge on any atom is 0.122 e. The number of para-hydroxylation sites is 1. The lowest BCUT2D eigenvalue weighted by molar-refractivity contribution is 0.204. The molecule has 3 atom stereocenters. The van der Waals surface area contributed by atoms with E-state index in [4.69, 9.17) is 4.74 Å². The van der Waals surface area contributed by atoms with Crippen LogP contribution in [0.2, 0.25) is 0 Å². The fourth-order valence-electron chi connectivity index (χ4n) is 3.12. The molecule has 0 aliphatic carbocycles. The average molecular weight is 249 g/mol. The summed E-state index contributed by atoms with van der Waals surface area (Å²) in [4.78, 5) is 0. The number of nitrogens with one attached hydrogen (secondary N) is 1. The molecule has 1 aromatic rings. The molecular formula is C15H20FNO. The molecule has 18 heavy (non-hydrogen) atoms. The standard InChI is InChI=1S/C15H20FNO/c16-13(14-5-3-8-17-14)10-11-7-9-18-15-6-2-1-4-12(11)15/h1-2,4,6,11,13-14,17H,3,5,7-10H2. The van der Waals surface area contributed by atoms with Gasteiger partial charge in [0.05, 0.1) is 6.61 Å². The summed E-state index contributed by atoms with van der Waals surface area (Å²) in [7, 11) is 0. The number of rotatable bonds is 3. The molecule has 2 aliphatic heterocycles. The van der Waals surface area contributed by atoms with Crippen LogP contribution in [0.1, 0.15) is 37.2 Å². The third-order valence-corrected chi connectivity index (χ3v) is 4.13. The molecule has 1 N–H and O–H groups in total. The van der Waals surface area contributed by atoms with Crippen LogP contribution in [0.3, 0.4) is 0 Å². The predicted molar refractivity (Wildman–Crippen MR) is 69.8 cm³/mol. The summed E-state index contributed by atoms with van der Waals surface area (Å²) in [6.45, 7) is 1.68. The van der Waals surface area contributed by atoms with Crippen molar-refractivity contribution < 1.29 is 9.13 Å². The summed E-state index contributed by atoms with van der Waals surface area (Å²) in [5, 5.41) is 3.26. The molecule has 2 heterocycles. The third kappa shape index (κ3) is 2.37. The van der Waals surface area contributed by atoms with Crippen LogP contribution >= 0.6 is 0 Å². The second kappa shape index (κ2) is 5.27. The SMILES string of the molecule is FC(CC1CCOc2ccccc21)C1CCCN1. The van der Waals surface area contributed by atoms with Gasteiger partial charge in [-0.1, -0.05) is 18.2 Å². The summed E-state index contributed by atoms with van der Waals surface area (Å²) in [6, 6.07) is 8.13. The van der Waals surface area contributed by atoms with Gasteiger partial charge in [0.1, 0.15) is 11.9 Å². The maximum absolute atomic E-state index is 14.3. The lowest BCUT2D eigenvalue weighted by Crippen LogP contribution is -2.33. The van der Waals surface area contributed by atoms with Crippen LogP contribution in [-0.4, -0.2) is 25.4 Å². The smallest absolute Gasteiger partial charge is 0.122 e. The Balaban J connectivity index is 1.70. The second-order valence-electron chi connectivity index (χ2n) is 5.33. The van der Waals surface area contributed by atoms with Crippen LogP contribution in [0.4, 0.5) is 4.39 Å². The molecule has 3 heteroatoms. The lowest BCUT2D eigenvalue weighted by Gasteiger charge is -2.28. The van der Waals surface area contributed by atoms with Crippen molar-refractivity contribution >= 4 is 0 Å². The van der Waals surface area contributed by atoms with Crippen molar-refractivity contribution in [2.24, 2.45) is 0 Å². The van der Waals surface area contributed by atoms with Gasteiger partial charge in [-0.3, -0.25) is 0 Å². The minimum atomic E-state index is -0.733. The van der Waals surface area contributed by atoms with Gasteiger partial charge < -0.3 is 10.1 Å². The van der Waals surface area contributed by atoms with E-state index in [0.717, 1.165) is 31.6 Å². The molecule has 3 unspecified atom stereocenters. The van der Waals surface area contributed by atoms with Crippen molar-refractivity contribution in [2.75, 3.05) is 13.2 Å². The van der Waals surface area contributed by atoms with E-state index in [1.165, 1.54) is 5.56 Å². The van der Waals surface area contributed by atoms with Crippen molar-refractivity contribution in [2.45, 2.75) is 43.8 Å². The maximum atomic E-state index is 14.3. The molecule has 3 rings (SSSR count). The Hall–Kier alpha value is -1.09. The van der Waals surface area contributed by atoms with E-state index in [1.54, 1.807) is 0 Å². The Bertz CT molecular complexity index is 403. The lowest BCUT2D eigenvalue weighted by atomic mass is 9.87. The number of alkyl halides is 1. The highest BCUT2D eigenvalue weighted by Crippen LogP contribution is 2.37. The van der Waals surface area contributed by atoms with Gasteiger partial charge in [0.15, 0.2) is 0 Å². The summed E-state index contributed by atoms with van der Waals surface area (Å²) >= 11 is 0. The molecule has 0 amide bonds. The van der Waals surface area contributed by atoms with Crippen molar-refractivity contribution in [1.29, 1.82) is 0 Å². The van der Waals surface area contributed by atoms with Gasteiger partial charge in [-0.25, -0.2) is 4.39 Å². The zero-order valence-electron chi connectivity index (χ0n) is 10.6. The fraction of sp³-hybridized carbons (Fsp3) is 0.600. The minimum Gasteiger partial charge on any atom is -0.493 e. The van der Waals surface area contributed by atoms with E-state index >= 15 is 0 Å². The molecule has 0 spiro atoms. The van der Waals surface area contributed by atoms with Crippen molar-refractivity contribution in [3.8, 4) is 5.75 Å². The highest BCUT2D eigenvalue weighted by Gasteiger charge is 2.29. The zero-order chi connectivity index (χ0) is 12.4. The molecule has 98 valence electrons. The van der Waals surface area contributed by atoms with Crippen molar-refractivity contribution in [1.82, 2.24) is 5.32 Å². The van der Waals surface area contributed by atoms with Crippen molar-refractivity contribution in [3.05, 3.63) is 29.8 Å². The van der Waals surface area contributed by atoms with Crippen LogP contribution in [0.25, 0.3) is 0 Å². The van der Waals surface area contributed by atoms with E-state index in [1.807, 2.05) is 18.2 Å². The Kier molecular flexibility index (Phi) is 3.50. The Labute approximate surface area is 108 Å². The molecule has 0 bridgehead atoms. The van der Waals surface area contributed by atoms with E-state index < -0.39 is 6.17 Å². The van der Waals surface area contributed by atoms with Gasteiger partial charge in [0, 0.05) is 6.04 Å². The average Bonchev–Trinajstić information content (AvgIpc) is 2.93. The summed E-state index contributed by atoms with van der Waals surface area (Å²) in [5.41, 5.74) is 1.18.